The molecule has 0 fully saturated rings. The van der Waals surface area contributed by atoms with Crippen LogP contribution >= 0.6 is 0 Å². The van der Waals surface area contributed by atoms with Gasteiger partial charge in [-0.05, 0) is 0 Å². The van der Waals surface area contributed by atoms with Gasteiger partial charge in [-0.1, -0.05) is 60.7 Å². The van der Waals surface area contributed by atoms with E-state index in [1.165, 1.54) is 16.1 Å². The normalized spacial score (nSPS) is 11.4. The maximum absolute atomic E-state index is 12.8. The SMILES string of the molecule is Cn1c(=O)c2c(nc3nc(-c4ccccc4)c(-c4ccccc4)nn32)n(C)c1=O. The van der Waals surface area contributed by atoms with E-state index in [4.69, 9.17) is 10.1 Å². The zero-order valence-corrected chi connectivity index (χ0v) is 15.8. The number of benzene rings is 2. The summed E-state index contributed by atoms with van der Waals surface area (Å²) in [5, 5.41) is 4.75. The Bertz CT molecular complexity index is 1500. The standard InChI is InChI=1S/C21H16N6O2/c1-25-18-17(19(28)26(2)21(25)29)27-20(23-18)22-15(13-9-5-3-6-10-13)16(24-27)14-11-7-4-8-12-14/h3-12H,1-2H3. The Labute approximate surface area is 164 Å². The molecule has 142 valence electrons. The Morgan fingerprint density at radius 1 is 0.724 bits per heavy atom. The molecule has 0 saturated heterocycles. The summed E-state index contributed by atoms with van der Waals surface area (Å²) in [5.74, 6) is 0.261. The topological polar surface area (TPSA) is 87.1 Å². The predicted molar refractivity (Wildman–Crippen MR) is 110 cm³/mol. The summed E-state index contributed by atoms with van der Waals surface area (Å²) in [4.78, 5) is 34.3. The van der Waals surface area contributed by atoms with Crippen molar-refractivity contribution < 1.29 is 0 Å². The van der Waals surface area contributed by atoms with E-state index in [0.29, 0.717) is 11.4 Å². The van der Waals surface area contributed by atoms with Crippen molar-refractivity contribution in [1.29, 1.82) is 0 Å². The first-order valence-electron chi connectivity index (χ1n) is 9.03. The fraction of sp³-hybridized carbons (Fsp3) is 0.0952. The smallest absolute Gasteiger partial charge is 0.279 e. The van der Waals surface area contributed by atoms with Crippen molar-refractivity contribution in [1.82, 2.24) is 28.7 Å². The zero-order chi connectivity index (χ0) is 20.1. The van der Waals surface area contributed by atoms with Crippen LogP contribution in [0.5, 0.6) is 0 Å². The molecule has 8 heteroatoms. The largest absolute Gasteiger partial charge is 0.332 e. The van der Waals surface area contributed by atoms with Crippen LogP contribution in [0.3, 0.4) is 0 Å². The molecule has 5 aromatic rings. The van der Waals surface area contributed by atoms with Gasteiger partial charge in [-0.3, -0.25) is 13.9 Å². The number of fused-ring (bicyclic) bond motifs is 3. The zero-order valence-electron chi connectivity index (χ0n) is 15.8. The summed E-state index contributed by atoms with van der Waals surface area (Å²) in [7, 11) is 3.01. The number of nitrogens with zero attached hydrogens (tertiary/aromatic N) is 6. The lowest BCUT2D eigenvalue weighted by molar-refractivity contribution is 0.706. The molecule has 0 amide bonds. The lowest BCUT2D eigenvalue weighted by Gasteiger charge is -2.09. The van der Waals surface area contributed by atoms with Crippen LogP contribution in [0, 0.1) is 0 Å². The second-order valence-corrected chi connectivity index (χ2v) is 6.74. The quantitative estimate of drug-likeness (QED) is 0.465. The maximum atomic E-state index is 12.8. The van der Waals surface area contributed by atoms with E-state index in [-0.39, 0.29) is 16.9 Å². The molecule has 8 nitrogen and oxygen atoms in total. The van der Waals surface area contributed by atoms with Crippen LogP contribution in [-0.4, -0.2) is 28.7 Å². The van der Waals surface area contributed by atoms with Crippen LogP contribution in [0.2, 0.25) is 0 Å². The van der Waals surface area contributed by atoms with Gasteiger partial charge in [0.05, 0.1) is 0 Å². The van der Waals surface area contributed by atoms with Crippen LogP contribution in [0.1, 0.15) is 0 Å². The van der Waals surface area contributed by atoms with Gasteiger partial charge in [0, 0.05) is 25.2 Å². The van der Waals surface area contributed by atoms with E-state index in [2.05, 4.69) is 4.98 Å². The predicted octanol–water partition coefficient (Wildman–Crippen LogP) is 2.01. The van der Waals surface area contributed by atoms with Crippen molar-refractivity contribution >= 4 is 16.9 Å². The molecule has 5 rings (SSSR count). The van der Waals surface area contributed by atoms with Gasteiger partial charge in [0.25, 0.3) is 11.3 Å². The molecule has 2 aromatic carbocycles. The molecule has 0 aliphatic rings. The van der Waals surface area contributed by atoms with Crippen molar-refractivity contribution in [2.24, 2.45) is 14.1 Å². The third-order valence-electron chi connectivity index (χ3n) is 4.95. The summed E-state index contributed by atoms with van der Waals surface area (Å²) in [6, 6.07) is 19.3. The highest BCUT2D eigenvalue weighted by Crippen LogP contribution is 2.29. The van der Waals surface area contributed by atoms with Gasteiger partial charge in [0.1, 0.15) is 11.4 Å². The third-order valence-corrected chi connectivity index (χ3v) is 4.95. The first kappa shape index (κ1) is 17.1. The number of hydrogen-bond donors (Lipinski definition) is 0. The molecule has 0 aliphatic heterocycles. The molecule has 0 radical (unpaired) electrons. The maximum Gasteiger partial charge on any atom is 0.332 e. The second-order valence-electron chi connectivity index (χ2n) is 6.74. The van der Waals surface area contributed by atoms with Gasteiger partial charge in [-0.25, -0.2) is 9.78 Å². The van der Waals surface area contributed by atoms with Crippen molar-refractivity contribution in [3.63, 3.8) is 0 Å². The summed E-state index contributed by atoms with van der Waals surface area (Å²) in [5.41, 5.74) is 2.59. The first-order chi connectivity index (χ1) is 14.1. The molecule has 0 atom stereocenters. The fourth-order valence-corrected chi connectivity index (χ4v) is 3.43. The van der Waals surface area contributed by atoms with E-state index >= 15 is 0 Å². The monoisotopic (exact) mass is 384 g/mol. The molecule has 29 heavy (non-hydrogen) atoms. The molecule has 0 spiro atoms. The molecule has 3 aromatic heterocycles. The number of aryl methyl sites for hydroxylation is 1. The Balaban J connectivity index is 1.97. The van der Waals surface area contributed by atoms with E-state index in [1.54, 1.807) is 7.05 Å². The molecular weight excluding hydrogens is 368 g/mol. The summed E-state index contributed by atoms with van der Waals surface area (Å²) < 4.78 is 3.80. The highest BCUT2D eigenvalue weighted by molar-refractivity contribution is 5.81. The van der Waals surface area contributed by atoms with E-state index in [0.717, 1.165) is 15.7 Å². The highest BCUT2D eigenvalue weighted by atomic mass is 16.2. The molecule has 3 heterocycles. The van der Waals surface area contributed by atoms with Gasteiger partial charge < -0.3 is 0 Å². The average molecular weight is 384 g/mol. The van der Waals surface area contributed by atoms with Crippen molar-refractivity contribution in [2.45, 2.75) is 0 Å². The van der Waals surface area contributed by atoms with Gasteiger partial charge in [0.2, 0.25) is 0 Å². The Hall–Kier alpha value is -4.07. The van der Waals surface area contributed by atoms with Crippen LogP contribution in [0.15, 0.2) is 70.3 Å². The van der Waals surface area contributed by atoms with Gasteiger partial charge in [-0.15, -0.1) is 0 Å². The summed E-state index contributed by atoms with van der Waals surface area (Å²) in [6.45, 7) is 0. The Morgan fingerprint density at radius 2 is 1.31 bits per heavy atom. The van der Waals surface area contributed by atoms with E-state index in [1.807, 2.05) is 60.7 Å². The molecule has 0 aliphatic carbocycles. The lowest BCUT2D eigenvalue weighted by atomic mass is 10.0. The summed E-state index contributed by atoms with van der Waals surface area (Å²) >= 11 is 0. The summed E-state index contributed by atoms with van der Waals surface area (Å²) in [6.07, 6.45) is 0. The van der Waals surface area contributed by atoms with Crippen molar-refractivity contribution in [3.8, 4) is 22.5 Å². The van der Waals surface area contributed by atoms with Gasteiger partial charge in [0.15, 0.2) is 11.2 Å². The van der Waals surface area contributed by atoms with Crippen molar-refractivity contribution in [3.05, 3.63) is 81.5 Å². The molecule has 0 unspecified atom stereocenters. The van der Waals surface area contributed by atoms with Crippen LogP contribution in [-0.2, 0) is 14.1 Å². The van der Waals surface area contributed by atoms with Gasteiger partial charge in [-0.2, -0.15) is 14.6 Å². The molecular formula is C21H16N6O2. The fourth-order valence-electron chi connectivity index (χ4n) is 3.43. The number of hydrogen-bond acceptors (Lipinski definition) is 5. The second kappa shape index (κ2) is 6.23. The minimum Gasteiger partial charge on any atom is -0.279 e. The van der Waals surface area contributed by atoms with Gasteiger partial charge >= 0.3 is 5.69 Å². The minimum absolute atomic E-state index is 0.217. The third kappa shape index (κ3) is 2.49. The van der Waals surface area contributed by atoms with E-state index < -0.39 is 11.2 Å². The number of rotatable bonds is 2. The Kier molecular flexibility index (Phi) is 3.67. The number of imidazole rings is 1. The van der Waals surface area contributed by atoms with Crippen LogP contribution in [0.25, 0.3) is 39.5 Å². The van der Waals surface area contributed by atoms with Crippen LogP contribution < -0.4 is 11.2 Å². The minimum atomic E-state index is -0.462. The Morgan fingerprint density at radius 3 is 1.93 bits per heavy atom. The number of aromatic nitrogens is 6. The lowest BCUT2D eigenvalue weighted by Crippen LogP contribution is -2.37. The van der Waals surface area contributed by atoms with Crippen LogP contribution in [0.4, 0.5) is 0 Å². The van der Waals surface area contributed by atoms with Crippen molar-refractivity contribution in [2.75, 3.05) is 0 Å². The van der Waals surface area contributed by atoms with E-state index in [9.17, 15) is 9.59 Å². The molecule has 0 saturated carbocycles. The molecule has 0 bridgehead atoms. The highest BCUT2D eigenvalue weighted by Gasteiger charge is 2.20. The molecule has 0 N–H and O–H groups in total. The first-order valence-corrected chi connectivity index (χ1v) is 9.03. The average Bonchev–Trinajstić information content (AvgIpc) is 3.15.